The lowest BCUT2D eigenvalue weighted by atomic mass is 9.97. The van der Waals surface area contributed by atoms with Crippen molar-refractivity contribution in [2.45, 2.75) is 19.3 Å². The third-order valence-corrected chi connectivity index (χ3v) is 3.89. The molecule has 1 aliphatic rings. The molecular weight excluding hydrogens is 264 g/mol. The molecule has 1 aromatic rings. The molecule has 0 heterocycles. The minimum Gasteiger partial charge on any atom is -0.396 e. The molecule has 0 aromatic heterocycles. The third kappa shape index (κ3) is 4.11. The Hall–Kier alpha value is -1.26. The van der Waals surface area contributed by atoms with E-state index in [9.17, 15) is 9.90 Å². The first-order valence-corrected chi connectivity index (χ1v) is 6.98. The summed E-state index contributed by atoms with van der Waals surface area (Å²) in [5.41, 5.74) is 0.676. The fraction of sp³-hybridized carbons (Fsp3) is 0.500. The molecule has 5 heteroatoms. The normalized spacial score (nSPS) is 22.2. The maximum absolute atomic E-state index is 11.7. The minimum atomic E-state index is -0.231. The molecule has 0 spiro atoms. The van der Waals surface area contributed by atoms with Crippen LogP contribution >= 0.6 is 11.6 Å². The van der Waals surface area contributed by atoms with Crippen LogP contribution in [0.3, 0.4) is 0 Å². The summed E-state index contributed by atoms with van der Waals surface area (Å²) in [5.74, 6) is 0.710. The van der Waals surface area contributed by atoms with Crippen LogP contribution in [0.25, 0.3) is 0 Å². The van der Waals surface area contributed by atoms with Gasteiger partial charge in [0.25, 0.3) is 0 Å². The number of rotatable bonds is 4. The minimum absolute atomic E-state index is 0.211. The van der Waals surface area contributed by atoms with E-state index in [1.807, 2.05) is 0 Å². The molecule has 104 valence electrons. The highest BCUT2D eigenvalue weighted by molar-refractivity contribution is 6.30. The average Bonchev–Trinajstić information content (AvgIpc) is 2.83. The van der Waals surface area contributed by atoms with Crippen molar-refractivity contribution in [3.63, 3.8) is 0 Å². The molecule has 1 fully saturated rings. The van der Waals surface area contributed by atoms with Gasteiger partial charge in [0.2, 0.25) is 0 Å². The lowest BCUT2D eigenvalue weighted by molar-refractivity contribution is 0.192. The zero-order chi connectivity index (χ0) is 13.7. The third-order valence-electron chi connectivity index (χ3n) is 3.66. The number of halogens is 1. The summed E-state index contributed by atoms with van der Waals surface area (Å²) in [6, 6.07) is 6.81. The lowest BCUT2D eigenvalue weighted by Crippen LogP contribution is -2.34. The van der Waals surface area contributed by atoms with E-state index in [0.29, 0.717) is 29.1 Å². The van der Waals surface area contributed by atoms with Crippen molar-refractivity contribution in [3.8, 4) is 0 Å². The van der Waals surface area contributed by atoms with Crippen LogP contribution in [0.4, 0.5) is 10.5 Å². The molecule has 2 amide bonds. The van der Waals surface area contributed by atoms with Gasteiger partial charge in [-0.15, -0.1) is 0 Å². The van der Waals surface area contributed by atoms with E-state index in [1.165, 1.54) is 0 Å². The number of urea groups is 1. The number of hydrogen-bond acceptors (Lipinski definition) is 2. The number of aliphatic hydroxyl groups is 1. The molecular formula is C14H19ClN2O2. The molecule has 4 nitrogen and oxygen atoms in total. The second-order valence-electron chi connectivity index (χ2n) is 4.98. The van der Waals surface area contributed by atoms with Gasteiger partial charge in [0.05, 0.1) is 0 Å². The molecule has 1 aromatic carbocycles. The SMILES string of the molecule is O=C(NCC1CCCC1CO)Nc1cccc(Cl)c1. The molecule has 1 aliphatic carbocycles. The van der Waals surface area contributed by atoms with Crippen LogP contribution in [0.1, 0.15) is 19.3 Å². The van der Waals surface area contributed by atoms with Crippen molar-refractivity contribution >= 4 is 23.3 Å². The summed E-state index contributed by atoms with van der Waals surface area (Å²) in [4.78, 5) is 11.7. The fourth-order valence-corrected chi connectivity index (χ4v) is 2.78. The van der Waals surface area contributed by atoms with Gasteiger partial charge in [-0.3, -0.25) is 0 Å². The Balaban J connectivity index is 1.78. The molecule has 0 aliphatic heterocycles. The second-order valence-corrected chi connectivity index (χ2v) is 5.42. The largest absolute Gasteiger partial charge is 0.396 e. The molecule has 2 atom stereocenters. The first-order chi connectivity index (χ1) is 9.19. The first kappa shape index (κ1) is 14.2. The molecule has 0 bridgehead atoms. The van der Waals surface area contributed by atoms with Crippen molar-refractivity contribution in [2.75, 3.05) is 18.5 Å². The van der Waals surface area contributed by atoms with Crippen molar-refractivity contribution in [1.82, 2.24) is 5.32 Å². The number of anilines is 1. The smallest absolute Gasteiger partial charge is 0.319 e. The van der Waals surface area contributed by atoms with Gasteiger partial charge in [-0.25, -0.2) is 4.79 Å². The highest BCUT2D eigenvalue weighted by Gasteiger charge is 2.26. The summed E-state index contributed by atoms with van der Waals surface area (Å²) in [6.45, 7) is 0.819. The summed E-state index contributed by atoms with van der Waals surface area (Å²) in [6.07, 6.45) is 3.26. The molecule has 2 rings (SSSR count). The number of carbonyl (C=O) groups excluding carboxylic acids is 1. The van der Waals surface area contributed by atoms with E-state index in [-0.39, 0.29) is 12.6 Å². The lowest BCUT2D eigenvalue weighted by Gasteiger charge is -2.18. The quantitative estimate of drug-likeness (QED) is 0.795. The van der Waals surface area contributed by atoms with Gasteiger partial charge >= 0.3 is 6.03 Å². The van der Waals surface area contributed by atoms with Gasteiger partial charge in [0.15, 0.2) is 0 Å². The van der Waals surface area contributed by atoms with Crippen molar-refractivity contribution in [1.29, 1.82) is 0 Å². The summed E-state index contributed by atoms with van der Waals surface area (Å²) in [5, 5.41) is 15.4. The summed E-state index contributed by atoms with van der Waals surface area (Å²) >= 11 is 5.85. The van der Waals surface area contributed by atoms with Gasteiger partial charge in [0.1, 0.15) is 0 Å². The fourth-order valence-electron chi connectivity index (χ4n) is 2.59. The Morgan fingerprint density at radius 1 is 1.37 bits per heavy atom. The van der Waals surface area contributed by atoms with Gasteiger partial charge < -0.3 is 15.7 Å². The summed E-state index contributed by atoms with van der Waals surface area (Å²) in [7, 11) is 0. The Kier molecular flexibility index (Phi) is 5.05. The van der Waals surface area contributed by atoms with Crippen LogP contribution in [0.15, 0.2) is 24.3 Å². The first-order valence-electron chi connectivity index (χ1n) is 6.60. The van der Waals surface area contributed by atoms with Crippen LogP contribution in [-0.4, -0.2) is 24.3 Å². The second kappa shape index (κ2) is 6.78. The number of nitrogens with one attached hydrogen (secondary N) is 2. The van der Waals surface area contributed by atoms with E-state index < -0.39 is 0 Å². The van der Waals surface area contributed by atoms with Gasteiger partial charge in [-0.05, 0) is 42.9 Å². The predicted molar refractivity (Wildman–Crippen MR) is 76.4 cm³/mol. The Morgan fingerprint density at radius 3 is 2.89 bits per heavy atom. The molecule has 19 heavy (non-hydrogen) atoms. The number of carbonyl (C=O) groups is 1. The van der Waals surface area contributed by atoms with Crippen molar-refractivity contribution in [2.24, 2.45) is 11.8 Å². The van der Waals surface area contributed by atoms with E-state index in [4.69, 9.17) is 11.6 Å². The predicted octanol–water partition coefficient (Wildman–Crippen LogP) is 2.87. The standard InChI is InChI=1S/C14H19ClN2O2/c15-12-5-2-6-13(7-12)17-14(19)16-8-10-3-1-4-11(10)9-18/h2,5-7,10-11,18H,1,3-4,8-9H2,(H2,16,17,19). The molecule has 3 N–H and O–H groups in total. The van der Waals surface area contributed by atoms with E-state index >= 15 is 0 Å². The summed E-state index contributed by atoms with van der Waals surface area (Å²) < 4.78 is 0. The molecule has 1 saturated carbocycles. The Bertz CT molecular complexity index is 439. The van der Waals surface area contributed by atoms with Crippen molar-refractivity contribution in [3.05, 3.63) is 29.3 Å². The van der Waals surface area contributed by atoms with E-state index in [1.54, 1.807) is 24.3 Å². The van der Waals surface area contributed by atoms with E-state index in [0.717, 1.165) is 19.3 Å². The number of amides is 2. The zero-order valence-electron chi connectivity index (χ0n) is 10.7. The van der Waals surface area contributed by atoms with Crippen LogP contribution < -0.4 is 10.6 Å². The van der Waals surface area contributed by atoms with Crippen LogP contribution in [0.5, 0.6) is 0 Å². The monoisotopic (exact) mass is 282 g/mol. The van der Waals surface area contributed by atoms with Crippen LogP contribution in [-0.2, 0) is 0 Å². The molecule has 0 radical (unpaired) electrons. The number of aliphatic hydroxyl groups excluding tert-OH is 1. The molecule has 2 unspecified atom stereocenters. The number of hydrogen-bond donors (Lipinski definition) is 3. The highest BCUT2D eigenvalue weighted by Crippen LogP contribution is 2.30. The van der Waals surface area contributed by atoms with Crippen LogP contribution in [0.2, 0.25) is 5.02 Å². The Labute approximate surface area is 118 Å². The van der Waals surface area contributed by atoms with Gasteiger partial charge in [0, 0.05) is 23.9 Å². The molecule has 0 saturated heterocycles. The van der Waals surface area contributed by atoms with Gasteiger partial charge in [-0.2, -0.15) is 0 Å². The maximum Gasteiger partial charge on any atom is 0.319 e. The highest BCUT2D eigenvalue weighted by atomic mass is 35.5. The van der Waals surface area contributed by atoms with Gasteiger partial charge in [-0.1, -0.05) is 24.1 Å². The topological polar surface area (TPSA) is 61.4 Å². The maximum atomic E-state index is 11.7. The average molecular weight is 283 g/mol. The van der Waals surface area contributed by atoms with Crippen molar-refractivity contribution < 1.29 is 9.90 Å². The van der Waals surface area contributed by atoms with Crippen LogP contribution in [0, 0.1) is 11.8 Å². The van der Waals surface area contributed by atoms with E-state index in [2.05, 4.69) is 10.6 Å². The zero-order valence-corrected chi connectivity index (χ0v) is 11.5. The Morgan fingerprint density at radius 2 is 2.16 bits per heavy atom. The number of benzene rings is 1.